The molecule has 84 valence electrons. The number of allylic oxidation sites excluding steroid dienone is 2. The van der Waals surface area contributed by atoms with Crippen LogP contribution in [0.15, 0.2) is 24.3 Å². The summed E-state index contributed by atoms with van der Waals surface area (Å²) in [6.45, 7) is 4.23. The van der Waals surface area contributed by atoms with Gasteiger partial charge in [0.25, 0.3) is 0 Å². The van der Waals surface area contributed by atoms with Gasteiger partial charge in [-0.2, -0.15) is 0 Å². The minimum Gasteiger partial charge on any atom is -0.466 e. The normalized spacial score (nSPS) is 10.8. The topological polar surface area (TPSA) is 52.6 Å². The number of hydrogen-bond donors (Lipinski definition) is 0. The van der Waals surface area contributed by atoms with Gasteiger partial charge in [0.2, 0.25) is 0 Å². The van der Waals surface area contributed by atoms with Gasteiger partial charge < -0.3 is 9.47 Å². The third-order valence-electron chi connectivity index (χ3n) is 1.36. The van der Waals surface area contributed by atoms with Gasteiger partial charge in [-0.05, 0) is 13.8 Å². The van der Waals surface area contributed by atoms with Gasteiger partial charge in [0, 0.05) is 6.08 Å². The molecule has 0 radical (unpaired) electrons. The van der Waals surface area contributed by atoms with E-state index in [1.807, 2.05) is 0 Å². The number of carbonyl (C=O) groups is 2. The SMILES string of the molecule is CCOC(=O)/C=C/C=C/CC(=O)OCC. The molecular weight excluding hydrogens is 196 g/mol. The minimum atomic E-state index is -0.390. The molecule has 0 heterocycles. The summed E-state index contributed by atoms with van der Waals surface area (Å²) in [5, 5.41) is 0. The fourth-order valence-corrected chi connectivity index (χ4v) is 0.787. The van der Waals surface area contributed by atoms with E-state index in [2.05, 4.69) is 4.74 Å². The molecule has 0 aliphatic rings. The summed E-state index contributed by atoms with van der Waals surface area (Å²) in [5.74, 6) is -0.670. The maximum Gasteiger partial charge on any atom is 0.330 e. The van der Waals surface area contributed by atoms with E-state index in [-0.39, 0.29) is 12.4 Å². The van der Waals surface area contributed by atoms with Crippen molar-refractivity contribution in [3.8, 4) is 0 Å². The van der Waals surface area contributed by atoms with Crippen LogP contribution in [0, 0.1) is 0 Å². The lowest BCUT2D eigenvalue weighted by atomic mass is 10.3. The summed E-state index contributed by atoms with van der Waals surface area (Å²) in [7, 11) is 0. The second-order valence-electron chi connectivity index (χ2n) is 2.55. The first-order valence-electron chi connectivity index (χ1n) is 4.86. The number of carbonyl (C=O) groups excluding carboxylic acids is 2. The summed E-state index contributed by atoms with van der Waals surface area (Å²) in [6, 6.07) is 0. The van der Waals surface area contributed by atoms with Crippen molar-refractivity contribution in [3.63, 3.8) is 0 Å². The van der Waals surface area contributed by atoms with Crippen LogP contribution in [0.1, 0.15) is 20.3 Å². The molecular formula is C11H16O4. The van der Waals surface area contributed by atoms with Gasteiger partial charge in [-0.1, -0.05) is 18.2 Å². The zero-order valence-electron chi connectivity index (χ0n) is 9.06. The average Bonchev–Trinajstić information content (AvgIpc) is 2.18. The summed E-state index contributed by atoms with van der Waals surface area (Å²) in [6.07, 6.45) is 6.25. The van der Waals surface area contributed by atoms with Crippen molar-refractivity contribution >= 4 is 11.9 Å². The third kappa shape index (κ3) is 8.74. The van der Waals surface area contributed by atoms with E-state index in [9.17, 15) is 9.59 Å². The van der Waals surface area contributed by atoms with Crippen molar-refractivity contribution in [2.75, 3.05) is 13.2 Å². The predicted molar refractivity (Wildman–Crippen MR) is 56.2 cm³/mol. The fraction of sp³-hybridized carbons (Fsp3) is 0.455. The van der Waals surface area contributed by atoms with Crippen LogP contribution in [0.2, 0.25) is 0 Å². The summed E-state index contributed by atoms with van der Waals surface area (Å²) in [4.78, 5) is 21.7. The van der Waals surface area contributed by atoms with E-state index in [1.54, 1.807) is 26.0 Å². The fourth-order valence-electron chi connectivity index (χ4n) is 0.787. The van der Waals surface area contributed by atoms with Crippen molar-refractivity contribution in [2.45, 2.75) is 20.3 Å². The Morgan fingerprint density at radius 1 is 1.07 bits per heavy atom. The molecule has 0 fully saturated rings. The lowest BCUT2D eigenvalue weighted by Gasteiger charge is -1.95. The minimum absolute atomic E-state index is 0.209. The largest absolute Gasteiger partial charge is 0.466 e. The van der Waals surface area contributed by atoms with Crippen LogP contribution < -0.4 is 0 Å². The van der Waals surface area contributed by atoms with Crippen molar-refractivity contribution in [1.82, 2.24) is 0 Å². The van der Waals surface area contributed by atoms with Crippen LogP contribution >= 0.6 is 0 Å². The highest BCUT2D eigenvalue weighted by atomic mass is 16.5. The maximum atomic E-state index is 10.9. The molecule has 0 aromatic carbocycles. The van der Waals surface area contributed by atoms with Gasteiger partial charge in [-0.15, -0.1) is 0 Å². The van der Waals surface area contributed by atoms with Crippen LogP contribution in [-0.2, 0) is 19.1 Å². The number of ether oxygens (including phenoxy) is 2. The highest BCUT2D eigenvalue weighted by Crippen LogP contribution is 1.89. The molecule has 0 N–H and O–H groups in total. The molecule has 0 aliphatic heterocycles. The van der Waals surface area contributed by atoms with Crippen LogP contribution in [-0.4, -0.2) is 25.2 Å². The van der Waals surface area contributed by atoms with E-state index in [0.29, 0.717) is 13.2 Å². The zero-order valence-corrected chi connectivity index (χ0v) is 9.06. The number of hydrogen-bond acceptors (Lipinski definition) is 4. The molecule has 0 rings (SSSR count). The molecule has 0 atom stereocenters. The van der Waals surface area contributed by atoms with Gasteiger partial charge in [0.05, 0.1) is 19.6 Å². The Labute approximate surface area is 89.6 Å². The average molecular weight is 212 g/mol. The Bertz CT molecular complexity index is 253. The summed E-state index contributed by atoms with van der Waals surface area (Å²) >= 11 is 0. The maximum absolute atomic E-state index is 10.9. The van der Waals surface area contributed by atoms with Crippen molar-refractivity contribution in [1.29, 1.82) is 0 Å². The first-order valence-corrected chi connectivity index (χ1v) is 4.86. The van der Waals surface area contributed by atoms with E-state index < -0.39 is 5.97 Å². The molecule has 0 aromatic heterocycles. The number of esters is 2. The zero-order chi connectivity index (χ0) is 11.5. The Morgan fingerprint density at radius 2 is 1.73 bits per heavy atom. The van der Waals surface area contributed by atoms with E-state index in [1.165, 1.54) is 12.2 Å². The highest BCUT2D eigenvalue weighted by Gasteiger charge is 1.95. The molecule has 4 heteroatoms. The lowest BCUT2D eigenvalue weighted by molar-refractivity contribution is -0.142. The highest BCUT2D eigenvalue weighted by molar-refractivity contribution is 5.82. The van der Waals surface area contributed by atoms with Crippen molar-refractivity contribution in [3.05, 3.63) is 24.3 Å². The second kappa shape index (κ2) is 8.99. The molecule has 0 saturated heterocycles. The molecule has 0 aromatic rings. The van der Waals surface area contributed by atoms with Crippen molar-refractivity contribution < 1.29 is 19.1 Å². The Hall–Kier alpha value is -1.58. The van der Waals surface area contributed by atoms with E-state index in [0.717, 1.165) is 0 Å². The Morgan fingerprint density at radius 3 is 2.33 bits per heavy atom. The van der Waals surface area contributed by atoms with Crippen LogP contribution in [0.5, 0.6) is 0 Å². The first kappa shape index (κ1) is 13.4. The Kier molecular flexibility index (Phi) is 8.05. The molecule has 0 unspecified atom stereocenters. The van der Waals surface area contributed by atoms with Gasteiger partial charge in [0.15, 0.2) is 0 Å². The van der Waals surface area contributed by atoms with E-state index in [4.69, 9.17) is 4.74 Å². The van der Waals surface area contributed by atoms with Crippen LogP contribution in [0.4, 0.5) is 0 Å². The van der Waals surface area contributed by atoms with Gasteiger partial charge >= 0.3 is 11.9 Å². The second-order valence-corrected chi connectivity index (χ2v) is 2.55. The molecule has 15 heavy (non-hydrogen) atoms. The summed E-state index contributed by atoms with van der Waals surface area (Å²) in [5.41, 5.74) is 0. The smallest absolute Gasteiger partial charge is 0.330 e. The Balaban J connectivity index is 3.70. The molecule has 0 amide bonds. The van der Waals surface area contributed by atoms with Crippen LogP contribution in [0.3, 0.4) is 0 Å². The van der Waals surface area contributed by atoms with Gasteiger partial charge in [-0.3, -0.25) is 4.79 Å². The predicted octanol–water partition coefficient (Wildman–Crippen LogP) is 1.62. The summed E-state index contributed by atoms with van der Waals surface area (Å²) < 4.78 is 9.36. The lowest BCUT2D eigenvalue weighted by Crippen LogP contribution is -2.01. The monoisotopic (exact) mass is 212 g/mol. The molecule has 0 bridgehead atoms. The van der Waals surface area contributed by atoms with E-state index >= 15 is 0 Å². The van der Waals surface area contributed by atoms with Gasteiger partial charge in [0.1, 0.15) is 0 Å². The van der Waals surface area contributed by atoms with Gasteiger partial charge in [-0.25, -0.2) is 4.79 Å². The molecule has 0 aliphatic carbocycles. The molecule has 0 saturated carbocycles. The molecule has 0 spiro atoms. The van der Waals surface area contributed by atoms with Crippen molar-refractivity contribution in [2.24, 2.45) is 0 Å². The number of rotatable bonds is 6. The van der Waals surface area contributed by atoms with Crippen LogP contribution in [0.25, 0.3) is 0 Å². The quantitative estimate of drug-likeness (QED) is 0.381. The molecule has 4 nitrogen and oxygen atoms in total. The standard InChI is InChI=1S/C11H16O4/c1-3-14-10(12)8-6-5-7-9-11(13)15-4-2/h5-8H,3-4,9H2,1-2H3/b7-5+,8-6+. The third-order valence-corrected chi connectivity index (χ3v) is 1.36. The first-order chi connectivity index (χ1) is 7.20.